The summed E-state index contributed by atoms with van der Waals surface area (Å²) in [7, 11) is 0. The maximum absolute atomic E-state index is 13.5. The van der Waals surface area contributed by atoms with Crippen LogP contribution in [0.3, 0.4) is 0 Å². The fraction of sp³-hybridized carbons (Fsp3) is 0.564. The largest absolute Gasteiger partial charge is 0.481 e. The van der Waals surface area contributed by atoms with Gasteiger partial charge in [0.1, 0.15) is 6.04 Å². The van der Waals surface area contributed by atoms with Crippen LogP contribution >= 0.6 is 0 Å². The molecule has 0 bridgehead atoms. The van der Waals surface area contributed by atoms with Crippen molar-refractivity contribution >= 4 is 29.7 Å². The van der Waals surface area contributed by atoms with E-state index in [9.17, 15) is 52.5 Å². The second-order valence-electron chi connectivity index (χ2n) is 14.4. The minimum absolute atomic E-state index is 0.0258. The van der Waals surface area contributed by atoms with Gasteiger partial charge in [-0.15, -0.1) is 0 Å². The highest BCUT2D eigenvalue weighted by Crippen LogP contribution is 2.31. The average Bonchev–Trinajstić information content (AvgIpc) is 3.11. The number of carbonyl (C=O) groups is 5. The van der Waals surface area contributed by atoms with Crippen molar-refractivity contribution in [1.82, 2.24) is 20.9 Å². The second kappa shape index (κ2) is 20.3. The molecule has 5 atom stereocenters. The van der Waals surface area contributed by atoms with Crippen LogP contribution in [0.4, 0.5) is 13.2 Å². The molecule has 2 aromatic carbocycles. The predicted octanol–water partition coefficient (Wildman–Crippen LogP) is 4.63. The van der Waals surface area contributed by atoms with Crippen LogP contribution < -0.4 is 16.0 Å². The van der Waals surface area contributed by atoms with Gasteiger partial charge < -0.3 is 36.2 Å². The molecule has 0 heterocycles. The summed E-state index contributed by atoms with van der Waals surface area (Å²) >= 11 is 0. The van der Waals surface area contributed by atoms with E-state index in [-0.39, 0.29) is 43.7 Å². The maximum Gasteiger partial charge on any atom is 0.416 e. The van der Waals surface area contributed by atoms with E-state index in [0.29, 0.717) is 24.2 Å². The number of amides is 3. The van der Waals surface area contributed by atoms with Gasteiger partial charge in [0.15, 0.2) is 0 Å². The molecule has 0 radical (unpaired) electrons. The van der Waals surface area contributed by atoms with Crippen LogP contribution in [0.1, 0.15) is 93.3 Å². The highest BCUT2D eigenvalue weighted by Gasteiger charge is 2.38. The van der Waals surface area contributed by atoms with Gasteiger partial charge in [-0.2, -0.15) is 13.2 Å². The third-order valence-corrected chi connectivity index (χ3v) is 9.60. The number of aliphatic hydroxyl groups is 1. The van der Waals surface area contributed by atoms with Gasteiger partial charge in [-0.3, -0.25) is 24.0 Å². The molecule has 2 unspecified atom stereocenters. The molecule has 1 aliphatic carbocycles. The first-order chi connectivity index (χ1) is 25.4. The molecule has 6 N–H and O–H groups in total. The molecule has 3 rings (SSSR count). The zero-order chi connectivity index (χ0) is 40.2. The third kappa shape index (κ3) is 13.1. The lowest BCUT2D eigenvalue weighted by molar-refractivity contribution is -0.149. The number of hydrogen-bond acceptors (Lipinski definition) is 7. The molecule has 1 aliphatic rings. The number of halogens is 3. The molecule has 12 nitrogen and oxygen atoms in total. The van der Waals surface area contributed by atoms with E-state index in [1.807, 2.05) is 13.8 Å². The van der Waals surface area contributed by atoms with Gasteiger partial charge in [0, 0.05) is 37.3 Å². The molecular formula is C39H53F3N4O8. The van der Waals surface area contributed by atoms with Gasteiger partial charge in [-0.1, -0.05) is 58.0 Å². The second-order valence-corrected chi connectivity index (χ2v) is 14.4. The van der Waals surface area contributed by atoms with Crippen LogP contribution in [0.2, 0.25) is 0 Å². The van der Waals surface area contributed by atoms with Gasteiger partial charge in [0.2, 0.25) is 11.8 Å². The van der Waals surface area contributed by atoms with Crippen molar-refractivity contribution in [2.75, 3.05) is 13.1 Å². The smallest absolute Gasteiger partial charge is 0.416 e. The summed E-state index contributed by atoms with van der Waals surface area (Å²) in [5, 5.41) is 38.9. The molecule has 3 amide bonds. The molecule has 0 saturated heterocycles. The van der Waals surface area contributed by atoms with E-state index in [4.69, 9.17) is 0 Å². The van der Waals surface area contributed by atoms with E-state index >= 15 is 0 Å². The van der Waals surface area contributed by atoms with Gasteiger partial charge in [-0.25, -0.2) is 0 Å². The lowest BCUT2D eigenvalue weighted by atomic mass is 9.78. The van der Waals surface area contributed by atoms with Gasteiger partial charge in [0.25, 0.3) is 5.91 Å². The quantitative estimate of drug-likeness (QED) is 0.119. The number of carboxylic acids is 2. The van der Waals surface area contributed by atoms with E-state index in [2.05, 4.69) is 16.0 Å². The van der Waals surface area contributed by atoms with Crippen molar-refractivity contribution in [2.24, 2.45) is 17.8 Å². The molecule has 298 valence electrons. The molecule has 2 aromatic rings. The Morgan fingerprint density at radius 2 is 1.46 bits per heavy atom. The molecule has 54 heavy (non-hydrogen) atoms. The Balaban J connectivity index is 1.77. The predicted molar refractivity (Wildman–Crippen MR) is 194 cm³/mol. The van der Waals surface area contributed by atoms with Crippen molar-refractivity contribution in [2.45, 2.75) is 110 Å². The van der Waals surface area contributed by atoms with Crippen molar-refractivity contribution in [1.29, 1.82) is 0 Å². The fourth-order valence-corrected chi connectivity index (χ4v) is 6.80. The minimum Gasteiger partial charge on any atom is -0.481 e. The van der Waals surface area contributed by atoms with Crippen LogP contribution in [0.25, 0.3) is 0 Å². The highest BCUT2D eigenvalue weighted by molar-refractivity contribution is 5.94. The summed E-state index contributed by atoms with van der Waals surface area (Å²) in [6, 6.07) is 8.75. The summed E-state index contributed by atoms with van der Waals surface area (Å²) in [6.07, 6.45) is -5.08. The Morgan fingerprint density at radius 3 is 2.02 bits per heavy atom. The van der Waals surface area contributed by atoms with Crippen LogP contribution in [0, 0.1) is 17.8 Å². The van der Waals surface area contributed by atoms with Crippen molar-refractivity contribution in [3.8, 4) is 0 Å². The van der Waals surface area contributed by atoms with Gasteiger partial charge >= 0.3 is 18.1 Å². The number of nitrogens with zero attached hydrogens (tertiary/aromatic N) is 1. The Bertz CT molecular complexity index is 1580. The van der Waals surface area contributed by atoms with Crippen LogP contribution in [0.5, 0.6) is 0 Å². The van der Waals surface area contributed by atoms with Crippen LogP contribution in [0.15, 0.2) is 48.5 Å². The first-order valence-corrected chi connectivity index (χ1v) is 18.4. The number of nitrogens with one attached hydrogen (secondary N) is 3. The van der Waals surface area contributed by atoms with E-state index < -0.39 is 83.9 Å². The third-order valence-electron chi connectivity index (χ3n) is 9.60. The Labute approximate surface area is 313 Å². The molecule has 0 spiro atoms. The normalized spacial score (nSPS) is 19.0. The topological polar surface area (TPSA) is 185 Å². The first-order valence-electron chi connectivity index (χ1n) is 18.4. The van der Waals surface area contributed by atoms with Crippen molar-refractivity contribution < 1.29 is 52.5 Å². The summed E-state index contributed by atoms with van der Waals surface area (Å²) < 4.78 is 40.6. The Hall–Kier alpha value is -4.50. The molecule has 0 aliphatic heterocycles. The number of benzene rings is 2. The zero-order valence-electron chi connectivity index (χ0n) is 31.2. The lowest BCUT2D eigenvalue weighted by Crippen LogP contribution is -2.54. The average molecular weight is 763 g/mol. The molecule has 15 heteroatoms. The number of rotatable bonds is 19. The number of hydrogen-bond donors (Lipinski definition) is 6. The first kappa shape index (κ1) is 43.9. The summed E-state index contributed by atoms with van der Waals surface area (Å²) in [4.78, 5) is 65.0. The van der Waals surface area contributed by atoms with E-state index in [1.165, 1.54) is 12.1 Å². The van der Waals surface area contributed by atoms with Crippen LogP contribution in [-0.4, -0.2) is 87.2 Å². The molecule has 1 saturated carbocycles. The van der Waals surface area contributed by atoms with Crippen molar-refractivity contribution in [3.63, 3.8) is 0 Å². The Kier molecular flexibility index (Phi) is 16.5. The number of carboxylic acid groups (broad SMARTS) is 2. The number of carbonyl (C=O) groups excluding carboxylic acids is 3. The minimum atomic E-state index is -4.60. The van der Waals surface area contributed by atoms with E-state index in [0.717, 1.165) is 25.0 Å². The summed E-state index contributed by atoms with van der Waals surface area (Å²) in [6.45, 7) is 8.61. The maximum atomic E-state index is 13.5. The Morgan fingerprint density at radius 1 is 0.870 bits per heavy atom. The monoisotopic (exact) mass is 762 g/mol. The fourth-order valence-electron chi connectivity index (χ4n) is 6.80. The molecule has 1 fully saturated rings. The van der Waals surface area contributed by atoms with Gasteiger partial charge in [-0.05, 0) is 73.8 Å². The van der Waals surface area contributed by atoms with Crippen LogP contribution in [-0.2, 0) is 38.3 Å². The van der Waals surface area contributed by atoms with Crippen molar-refractivity contribution in [3.05, 3.63) is 70.8 Å². The number of alkyl halides is 3. The standard InChI is InChI=1S/C39H53F3N4O8/c1-5-13-46(14-6-2)36(50)26-11-7-10-25(15-26)22-43-31(17-24-9-8-12-29(16-24)39(40,41)42)32(47)21-33(48)45-34(23(3)4)35(49)44-30-19-27(37(51)52)18-28(20-30)38(53)54/h7-12,15-16,23,27-28,30-32,34,43,47H,5-6,13-14,17-22H2,1-4H3,(H,44,49)(H,45,48)(H,51,52)(H,53,54)/t27?,28?,30?,31-,32+,34-/m0/s1. The lowest BCUT2D eigenvalue weighted by Gasteiger charge is -2.33. The number of aliphatic carboxylic acids is 2. The van der Waals surface area contributed by atoms with Gasteiger partial charge in [0.05, 0.1) is 29.9 Å². The molecular weight excluding hydrogens is 709 g/mol. The molecule has 0 aromatic heterocycles. The SMILES string of the molecule is CCCN(CCC)C(=O)c1cccc(CN[C@@H](Cc2cccc(C(F)(F)F)c2)[C@H](O)CC(=O)N[C@H](C(=O)NC2CC(C(=O)O)CC(C(=O)O)C2)C(C)C)c1. The number of aliphatic hydroxyl groups excluding tert-OH is 1. The zero-order valence-corrected chi connectivity index (χ0v) is 31.2. The highest BCUT2D eigenvalue weighted by atomic mass is 19.4. The summed E-state index contributed by atoms with van der Waals surface area (Å²) in [5.74, 6) is -6.21. The van der Waals surface area contributed by atoms with E-state index in [1.54, 1.807) is 43.0 Å². The summed E-state index contributed by atoms with van der Waals surface area (Å²) in [5.41, 5.74) is 0.531.